The molecule has 0 aliphatic heterocycles. The average molecular weight is 933 g/mol. The van der Waals surface area contributed by atoms with E-state index in [1.54, 1.807) is 0 Å². The van der Waals surface area contributed by atoms with E-state index in [4.69, 9.17) is 0 Å². The Kier molecular flexibility index (Phi) is 8.84. The molecule has 0 heteroatoms. The van der Waals surface area contributed by atoms with Gasteiger partial charge in [-0.05, 0) is 187 Å². The van der Waals surface area contributed by atoms with E-state index in [1.165, 1.54) is 163 Å². The zero-order valence-electron chi connectivity index (χ0n) is 40.4. The molecule has 0 saturated carbocycles. The molecular weight excluding hydrogens is 889 g/mol. The van der Waals surface area contributed by atoms with E-state index in [2.05, 4.69) is 267 Å². The van der Waals surface area contributed by atoms with Crippen molar-refractivity contribution in [2.24, 2.45) is 0 Å². The minimum absolute atomic E-state index is 1.24. The van der Waals surface area contributed by atoms with Gasteiger partial charge in [-0.3, -0.25) is 0 Å². The first-order valence-electron chi connectivity index (χ1n) is 25.8. The number of hydrogen-bond donors (Lipinski definition) is 0. The van der Waals surface area contributed by atoms with Crippen molar-refractivity contribution in [3.63, 3.8) is 0 Å². The minimum atomic E-state index is 1.24. The summed E-state index contributed by atoms with van der Waals surface area (Å²) in [7, 11) is 0. The van der Waals surface area contributed by atoms with Crippen molar-refractivity contribution in [3.8, 4) is 44.5 Å². The first kappa shape index (κ1) is 41.0. The van der Waals surface area contributed by atoms with E-state index in [0.717, 1.165) is 0 Å². The normalized spacial score (nSPS) is 12.1. The van der Waals surface area contributed by atoms with Gasteiger partial charge in [0.15, 0.2) is 0 Å². The van der Waals surface area contributed by atoms with Crippen LogP contribution in [0, 0.1) is 0 Å². The molecule has 16 rings (SSSR count). The standard InChI is InChI=1S/C74H44/c1-3-21-51-45(17-1)35-37-49-41-47-19-15-33-63(69(47)43-67(49)51)71-55-25-7-11-29-59(55)73(60-30-12-8-26-56(60)71)65-39-40-66(54-24-6-5-23-53(54)65)74-61-31-13-9-27-57(61)72(58-28-10-14-32-62(58)74)64-34-16-20-48-42-50-38-36-46-18-2-4-22-52(46)68(50)44-70(48)64/h1-44H. The largest absolute Gasteiger partial charge is 0.0616 e. The van der Waals surface area contributed by atoms with Crippen LogP contribution in [0.25, 0.3) is 163 Å². The molecule has 0 amide bonds. The summed E-state index contributed by atoms with van der Waals surface area (Å²) in [4.78, 5) is 0. The van der Waals surface area contributed by atoms with Gasteiger partial charge in [0.25, 0.3) is 0 Å². The van der Waals surface area contributed by atoms with Crippen LogP contribution in [0.2, 0.25) is 0 Å². The van der Waals surface area contributed by atoms with Gasteiger partial charge in [-0.25, -0.2) is 0 Å². The van der Waals surface area contributed by atoms with Crippen LogP contribution in [0.4, 0.5) is 0 Å². The highest BCUT2D eigenvalue weighted by Crippen LogP contribution is 2.51. The van der Waals surface area contributed by atoms with Gasteiger partial charge in [-0.2, -0.15) is 0 Å². The van der Waals surface area contributed by atoms with Gasteiger partial charge < -0.3 is 0 Å². The monoisotopic (exact) mass is 932 g/mol. The van der Waals surface area contributed by atoms with Gasteiger partial charge in [-0.15, -0.1) is 0 Å². The smallest absolute Gasteiger partial charge is 0.00201 e. The van der Waals surface area contributed by atoms with Crippen molar-refractivity contribution >= 4 is 118 Å². The Morgan fingerprint density at radius 2 is 0.365 bits per heavy atom. The maximum absolute atomic E-state index is 2.44. The SMILES string of the molecule is c1cc(-c2c3ccccc3c(-c3ccc(-c4c5ccccc5c(-c5cccc6cc7ccc8ccccc8c7cc56)c5ccccc45)c4ccccc34)c3ccccc23)c2cc3c(ccc4ccccc43)cc2c1. The highest BCUT2D eigenvalue weighted by Gasteiger charge is 2.23. The average Bonchev–Trinajstić information content (AvgIpc) is 3.47. The number of benzene rings is 16. The van der Waals surface area contributed by atoms with Gasteiger partial charge in [0, 0.05) is 0 Å². The Bertz CT molecular complexity index is 4640. The number of fused-ring (bicyclic) bond motifs is 13. The first-order valence-corrected chi connectivity index (χ1v) is 25.8. The Hall–Kier alpha value is -9.62. The van der Waals surface area contributed by atoms with Crippen LogP contribution in [0.1, 0.15) is 0 Å². The van der Waals surface area contributed by atoms with Crippen molar-refractivity contribution in [2.45, 2.75) is 0 Å². The third-order valence-corrected chi connectivity index (χ3v) is 16.4. The Morgan fingerprint density at radius 3 is 0.703 bits per heavy atom. The summed E-state index contributed by atoms with van der Waals surface area (Å²) in [5.41, 5.74) is 10.1. The summed E-state index contributed by atoms with van der Waals surface area (Å²) in [6, 6.07) is 100. The van der Waals surface area contributed by atoms with Crippen LogP contribution in [0.3, 0.4) is 0 Å². The number of hydrogen-bond acceptors (Lipinski definition) is 0. The van der Waals surface area contributed by atoms with Crippen molar-refractivity contribution in [2.75, 3.05) is 0 Å². The van der Waals surface area contributed by atoms with Gasteiger partial charge in [-0.1, -0.05) is 243 Å². The molecule has 0 bridgehead atoms. The lowest BCUT2D eigenvalue weighted by Crippen LogP contribution is -1.94. The lowest BCUT2D eigenvalue weighted by atomic mass is 9.81. The molecule has 0 radical (unpaired) electrons. The third-order valence-electron chi connectivity index (χ3n) is 16.4. The van der Waals surface area contributed by atoms with Crippen LogP contribution in [-0.2, 0) is 0 Å². The highest BCUT2D eigenvalue weighted by atomic mass is 14.3. The topological polar surface area (TPSA) is 0 Å². The lowest BCUT2D eigenvalue weighted by molar-refractivity contribution is 1.67. The third kappa shape index (κ3) is 5.97. The van der Waals surface area contributed by atoms with Crippen molar-refractivity contribution in [3.05, 3.63) is 267 Å². The zero-order chi connectivity index (χ0) is 48.4. The molecule has 0 aromatic heterocycles. The van der Waals surface area contributed by atoms with Crippen LogP contribution in [-0.4, -0.2) is 0 Å². The van der Waals surface area contributed by atoms with Gasteiger partial charge in [0.1, 0.15) is 0 Å². The molecule has 74 heavy (non-hydrogen) atoms. The fourth-order valence-corrected chi connectivity index (χ4v) is 13.2. The minimum Gasteiger partial charge on any atom is -0.0616 e. The zero-order valence-corrected chi connectivity index (χ0v) is 40.4. The highest BCUT2D eigenvalue weighted by molar-refractivity contribution is 6.30. The molecule has 340 valence electrons. The summed E-state index contributed by atoms with van der Waals surface area (Å²) in [5.74, 6) is 0. The van der Waals surface area contributed by atoms with Crippen LogP contribution in [0.15, 0.2) is 267 Å². The Morgan fingerprint density at radius 1 is 0.122 bits per heavy atom. The van der Waals surface area contributed by atoms with E-state index in [9.17, 15) is 0 Å². The summed E-state index contributed by atoms with van der Waals surface area (Å²) < 4.78 is 0. The predicted octanol–water partition coefficient (Wildman–Crippen LogP) is 21.0. The van der Waals surface area contributed by atoms with E-state index >= 15 is 0 Å². The molecule has 0 heterocycles. The summed E-state index contributed by atoms with van der Waals surface area (Å²) in [6.45, 7) is 0. The van der Waals surface area contributed by atoms with E-state index in [-0.39, 0.29) is 0 Å². The fraction of sp³-hybridized carbons (Fsp3) is 0. The van der Waals surface area contributed by atoms with Crippen LogP contribution in [0.5, 0.6) is 0 Å². The molecule has 0 aliphatic carbocycles. The van der Waals surface area contributed by atoms with Crippen molar-refractivity contribution < 1.29 is 0 Å². The molecule has 0 saturated heterocycles. The molecule has 0 atom stereocenters. The molecule has 16 aromatic rings. The van der Waals surface area contributed by atoms with E-state index in [1.807, 2.05) is 0 Å². The predicted molar refractivity (Wildman–Crippen MR) is 321 cm³/mol. The molecule has 0 N–H and O–H groups in total. The lowest BCUT2D eigenvalue weighted by Gasteiger charge is -2.22. The Balaban J connectivity index is 0.937. The van der Waals surface area contributed by atoms with E-state index in [0.29, 0.717) is 0 Å². The van der Waals surface area contributed by atoms with Crippen molar-refractivity contribution in [1.29, 1.82) is 0 Å². The van der Waals surface area contributed by atoms with Crippen LogP contribution < -0.4 is 0 Å². The van der Waals surface area contributed by atoms with Gasteiger partial charge >= 0.3 is 0 Å². The first-order chi connectivity index (χ1) is 36.7. The molecule has 0 nitrogen and oxygen atoms in total. The molecule has 0 spiro atoms. The van der Waals surface area contributed by atoms with Gasteiger partial charge in [0.2, 0.25) is 0 Å². The quantitative estimate of drug-likeness (QED) is 0.122. The molecule has 0 fully saturated rings. The number of rotatable bonds is 4. The fourth-order valence-electron chi connectivity index (χ4n) is 13.2. The maximum Gasteiger partial charge on any atom is -0.00201 e. The molecular formula is C74H44. The second-order valence-electron chi connectivity index (χ2n) is 20.2. The molecule has 0 aliphatic rings. The summed E-state index contributed by atoms with van der Waals surface area (Å²) in [6.07, 6.45) is 0. The van der Waals surface area contributed by atoms with Crippen molar-refractivity contribution in [1.82, 2.24) is 0 Å². The second kappa shape index (κ2) is 15.9. The maximum atomic E-state index is 2.44. The molecule has 0 unspecified atom stereocenters. The van der Waals surface area contributed by atoms with Gasteiger partial charge in [0.05, 0.1) is 0 Å². The second-order valence-corrected chi connectivity index (χ2v) is 20.2. The summed E-state index contributed by atoms with van der Waals surface area (Å²) in [5, 5.41) is 27.7. The molecule has 16 aromatic carbocycles. The summed E-state index contributed by atoms with van der Waals surface area (Å²) >= 11 is 0. The van der Waals surface area contributed by atoms with E-state index < -0.39 is 0 Å². The van der Waals surface area contributed by atoms with Crippen LogP contribution >= 0.6 is 0 Å². The Labute approximate surface area is 427 Å².